The maximum absolute atomic E-state index is 13.7. The standard InChI is InChI=1S/C32H40N6O7/c1-20-29(41)35-24(17-21-7-4-3-5-8-21)30(42)34-23-12-16-45-26(28(23)40)18-37(31(43)22-10-13-33-14-11-22)19-27(39)38-15-6-9-25(38)32(44)36(20)2/h3-5,7-8,10-11,13-14,20,23-26,28,40H,6,9,12,15-19H2,1-2H3,(H,34,42)(H,35,41)/t20-,23-,24-,25-,26+,28-/m0/s1. The highest BCUT2D eigenvalue weighted by molar-refractivity contribution is 5.98. The van der Waals surface area contributed by atoms with Crippen molar-refractivity contribution in [2.45, 2.75) is 69.0 Å². The fourth-order valence-electron chi connectivity index (χ4n) is 6.12. The van der Waals surface area contributed by atoms with Crippen LogP contribution in [-0.4, -0.2) is 124 Å². The molecule has 0 aliphatic carbocycles. The van der Waals surface area contributed by atoms with Gasteiger partial charge in [0.1, 0.15) is 36.9 Å². The van der Waals surface area contributed by atoms with Crippen molar-refractivity contribution in [1.29, 1.82) is 0 Å². The number of nitrogens with zero attached hydrogens (tertiary/aromatic N) is 4. The molecule has 3 aliphatic rings. The van der Waals surface area contributed by atoms with E-state index in [0.29, 0.717) is 31.4 Å². The molecule has 5 amide bonds. The van der Waals surface area contributed by atoms with Crippen molar-refractivity contribution in [3.05, 3.63) is 66.0 Å². The van der Waals surface area contributed by atoms with E-state index in [9.17, 15) is 29.1 Å². The van der Waals surface area contributed by atoms with Crippen LogP contribution in [0.25, 0.3) is 0 Å². The molecule has 3 N–H and O–H groups in total. The van der Waals surface area contributed by atoms with E-state index in [1.807, 2.05) is 30.3 Å². The van der Waals surface area contributed by atoms with Crippen LogP contribution in [0.4, 0.5) is 0 Å². The van der Waals surface area contributed by atoms with Crippen molar-refractivity contribution in [3.8, 4) is 0 Å². The van der Waals surface area contributed by atoms with Gasteiger partial charge in [-0.15, -0.1) is 0 Å². The van der Waals surface area contributed by atoms with Crippen molar-refractivity contribution in [2.75, 3.05) is 33.3 Å². The minimum Gasteiger partial charge on any atom is -0.388 e. The van der Waals surface area contributed by atoms with Crippen molar-refractivity contribution in [1.82, 2.24) is 30.3 Å². The molecule has 6 atom stereocenters. The summed E-state index contributed by atoms with van der Waals surface area (Å²) in [5.74, 6) is -2.32. The van der Waals surface area contributed by atoms with Gasteiger partial charge < -0.3 is 35.2 Å². The molecule has 4 heterocycles. The monoisotopic (exact) mass is 620 g/mol. The first kappa shape index (κ1) is 32.0. The maximum atomic E-state index is 13.7. The summed E-state index contributed by atoms with van der Waals surface area (Å²) >= 11 is 0. The molecule has 0 unspecified atom stereocenters. The second kappa shape index (κ2) is 14.2. The summed E-state index contributed by atoms with van der Waals surface area (Å²) in [5, 5.41) is 17.1. The van der Waals surface area contributed by atoms with Crippen LogP contribution in [0.5, 0.6) is 0 Å². The number of aromatic nitrogens is 1. The van der Waals surface area contributed by atoms with Gasteiger partial charge in [0.05, 0.1) is 12.6 Å². The highest BCUT2D eigenvalue weighted by Gasteiger charge is 2.41. The van der Waals surface area contributed by atoms with Crippen LogP contribution < -0.4 is 10.6 Å². The van der Waals surface area contributed by atoms with Gasteiger partial charge in [-0.25, -0.2) is 0 Å². The Kier molecular flexibility index (Phi) is 10.1. The largest absolute Gasteiger partial charge is 0.388 e. The zero-order valence-corrected chi connectivity index (χ0v) is 25.5. The van der Waals surface area contributed by atoms with Crippen LogP contribution in [0.2, 0.25) is 0 Å². The number of aliphatic hydroxyl groups is 1. The Balaban J connectivity index is 1.48. The Hall–Kier alpha value is -4.36. The lowest BCUT2D eigenvalue weighted by Crippen LogP contribution is -2.60. The van der Waals surface area contributed by atoms with Gasteiger partial charge in [-0.2, -0.15) is 0 Å². The molecule has 45 heavy (non-hydrogen) atoms. The van der Waals surface area contributed by atoms with Gasteiger partial charge in [-0.3, -0.25) is 29.0 Å². The quantitative estimate of drug-likeness (QED) is 0.423. The fraction of sp³-hybridized carbons (Fsp3) is 0.500. The minimum absolute atomic E-state index is 0.131. The number of aliphatic hydroxyl groups excluding tert-OH is 1. The normalized spacial score (nSPS) is 28.6. The van der Waals surface area contributed by atoms with Crippen molar-refractivity contribution in [3.63, 3.8) is 0 Å². The fourth-order valence-corrected chi connectivity index (χ4v) is 6.12. The number of fused-ring (bicyclic) bond motifs is 3. The van der Waals surface area contributed by atoms with Gasteiger partial charge in [0, 0.05) is 44.6 Å². The third-order valence-electron chi connectivity index (χ3n) is 8.90. The second-order valence-corrected chi connectivity index (χ2v) is 11.8. The second-order valence-electron chi connectivity index (χ2n) is 11.8. The summed E-state index contributed by atoms with van der Waals surface area (Å²) in [6, 6.07) is 8.80. The number of nitrogens with one attached hydrogen (secondary N) is 2. The Morgan fingerprint density at radius 3 is 2.49 bits per heavy atom. The maximum Gasteiger partial charge on any atom is 0.254 e. The Labute approximate surface area is 261 Å². The average molecular weight is 621 g/mol. The van der Waals surface area contributed by atoms with Gasteiger partial charge in [0.25, 0.3) is 5.91 Å². The van der Waals surface area contributed by atoms with Crippen LogP contribution in [0.3, 0.4) is 0 Å². The van der Waals surface area contributed by atoms with Gasteiger partial charge in [-0.1, -0.05) is 30.3 Å². The molecule has 240 valence electrons. The molecule has 3 aliphatic heterocycles. The Morgan fingerprint density at radius 1 is 1.02 bits per heavy atom. The molecule has 2 aromatic rings. The predicted octanol–water partition coefficient (Wildman–Crippen LogP) is -0.263. The van der Waals surface area contributed by atoms with Gasteiger partial charge >= 0.3 is 0 Å². The smallest absolute Gasteiger partial charge is 0.254 e. The number of pyridine rings is 1. The minimum atomic E-state index is -1.21. The molecule has 2 bridgehead atoms. The summed E-state index contributed by atoms with van der Waals surface area (Å²) in [4.78, 5) is 76.2. The van der Waals surface area contributed by atoms with Crippen LogP contribution in [0.15, 0.2) is 54.9 Å². The molecule has 1 aromatic heterocycles. The summed E-state index contributed by atoms with van der Waals surface area (Å²) in [7, 11) is 1.50. The summed E-state index contributed by atoms with van der Waals surface area (Å²) in [5.41, 5.74) is 1.12. The first-order valence-corrected chi connectivity index (χ1v) is 15.3. The van der Waals surface area contributed by atoms with E-state index in [1.54, 1.807) is 6.92 Å². The van der Waals surface area contributed by atoms with Crippen molar-refractivity contribution < 1.29 is 33.8 Å². The number of amides is 5. The number of hydrogen-bond acceptors (Lipinski definition) is 8. The number of hydrogen-bond donors (Lipinski definition) is 3. The van der Waals surface area contributed by atoms with Gasteiger partial charge in [-0.05, 0) is 43.9 Å². The van der Waals surface area contributed by atoms with Gasteiger partial charge in [0.2, 0.25) is 23.6 Å². The van der Waals surface area contributed by atoms with Crippen LogP contribution in [-0.2, 0) is 30.3 Å². The number of likely N-dealkylation sites (N-methyl/N-ethyl adjacent to an activating group) is 1. The van der Waals surface area contributed by atoms with Crippen molar-refractivity contribution >= 4 is 29.5 Å². The zero-order valence-electron chi connectivity index (χ0n) is 25.5. The Bertz CT molecular complexity index is 1390. The Morgan fingerprint density at radius 2 is 1.76 bits per heavy atom. The van der Waals surface area contributed by atoms with E-state index < -0.39 is 65.9 Å². The predicted molar refractivity (Wildman–Crippen MR) is 161 cm³/mol. The molecule has 13 nitrogen and oxygen atoms in total. The third kappa shape index (κ3) is 7.31. The molecule has 1 aromatic carbocycles. The number of carbonyl (C=O) groups is 5. The topological polar surface area (TPSA) is 161 Å². The summed E-state index contributed by atoms with van der Waals surface area (Å²) in [6.07, 6.45) is 2.30. The highest BCUT2D eigenvalue weighted by Crippen LogP contribution is 2.23. The number of benzene rings is 1. The lowest BCUT2D eigenvalue weighted by molar-refractivity contribution is -0.147. The van der Waals surface area contributed by atoms with E-state index in [0.717, 1.165) is 5.56 Å². The molecule has 3 saturated heterocycles. The first-order valence-electron chi connectivity index (χ1n) is 15.3. The molecule has 0 saturated carbocycles. The van der Waals surface area contributed by atoms with E-state index in [2.05, 4.69) is 15.6 Å². The number of rotatable bonds is 3. The summed E-state index contributed by atoms with van der Waals surface area (Å²) < 4.78 is 5.88. The highest BCUT2D eigenvalue weighted by atomic mass is 16.5. The lowest BCUT2D eigenvalue weighted by Gasteiger charge is -2.38. The molecule has 3 fully saturated rings. The molecule has 0 spiro atoms. The van der Waals surface area contributed by atoms with Crippen molar-refractivity contribution in [2.24, 2.45) is 0 Å². The average Bonchev–Trinajstić information content (AvgIpc) is 3.55. The first-order chi connectivity index (χ1) is 21.6. The lowest BCUT2D eigenvalue weighted by atomic mass is 9.97. The zero-order chi connectivity index (χ0) is 32.1. The van der Waals surface area contributed by atoms with E-state index >= 15 is 0 Å². The SMILES string of the molecule is C[C@H]1C(=O)N[C@@H](Cc2ccccc2)C(=O)N[C@H]2CCO[C@H](CN(C(=O)c3ccncc3)CC(=O)N3CCC[C@H]3C(=O)N1C)[C@H]2O. The molecular formula is C32H40N6O7. The molecule has 0 radical (unpaired) electrons. The van der Waals surface area contributed by atoms with Crippen LogP contribution in [0, 0.1) is 0 Å². The van der Waals surface area contributed by atoms with Gasteiger partial charge in [0.15, 0.2) is 0 Å². The van der Waals surface area contributed by atoms with Crippen LogP contribution in [0.1, 0.15) is 42.1 Å². The van der Waals surface area contributed by atoms with Crippen LogP contribution >= 0.6 is 0 Å². The molecule has 13 heteroatoms. The molecule has 5 rings (SSSR count). The third-order valence-corrected chi connectivity index (χ3v) is 8.90. The number of carbonyl (C=O) groups excluding carboxylic acids is 5. The molecular weight excluding hydrogens is 580 g/mol. The summed E-state index contributed by atoms with van der Waals surface area (Å²) in [6.45, 7) is 1.60. The van der Waals surface area contributed by atoms with E-state index in [-0.39, 0.29) is 26.1 Å². The van der Waals surface area contributed by atoms with E-state index in [4.69, 9.17) is 4.74 Å². The van der Waals surface area contributed by atoms with E-state index in [1.165, 1.54) is 46.3 Å². The number of ether oxygens (including phenoxy) is 1.